The van der Waals surface area contributed by atoms with E-state index in [2.05, 4.69) is 20.7 Å². The van der Waals surface area contributed by atoms with Crippen LogP contribution in [0, 0.1) is 0 Å². The van der Waals surface area contributed by atoms with Gasteiger partial charge in [0.1, 0.15) is 0 Å². The fraction of sp³-hybridized carbons (Fsp3) is 0.316. The third kappa shape index (κ3) is 3.02. The highest BCUT2D eigenvalue weighted by atomic mass is 79.9. The van der Waals surface area contributed by atoms with E-state index in [1.807, 2.05) is 24.3 Å². The molecular formula is C19H21BrN4O3S. The molecule has 1 heterocycles. The zero-order chi connectivity index (χ0) is 20.2. The van der Waals surface area contributed by atoms with Crippen LogP contribution in [0.5, 0.6) is 0 Å². The van der Waals surface area contributed by atoms with Crippen LogP contribution in [0.25, 0.3) is 11.0 Å². The van der Waals surface area contributed by atoms with Gasteiger partial charge in [0.05, 0.1) is 15.9 Å². The molecule has 2 unspecified atom stereocenters. The maximum Gasteiger partial charge on any atom is 0.328 e. The fourth-order valence-electron chi connectivity index (χ4n) is 3.90. The Balaban J connectivity index is 1.78. The Kier molecular flexibility index (Phi) is 4.73. The highest BCUT2D eigenvalue weighted by Crippen LogP contribution is 2.36. The molecule has 4 rings (SSSR count). The van der Waals surface area contributed by atoms with Crippen LogP contribution in [-0.4, -0.2) is 17.6 Å². The van der Waals surface area contributed by atoms with Gasteiger partial charge in [-0.25, -0.2) is 17.9 Å². The lowest BCUT2D eigenvalue weighted by Gasteiger charge is -2.30. The minimum Gasteiger partial charge on any atom is -0.324 e. The topological polar surface area (TPSA) is 99.1 Å². The molecule has 0 bridgehead atoms. The van der Waals surface area contributed by atoms with Gasteiger partial charge in [-0.2, -0.15) is 0 Å². The van der Waals surface area contributed by atoms with Gasteiger partial charge in [0.15, 0.2) is 0 Å². The first kappa shape index (κ1) is 19.4. The van der Waals surface area contributed by atoms with E-state index in [0.717, 1.165) is 11.1 Å². The van der Waals surface area contributed by atoms with Crippen LogP contribution < -0.4 is 16.1 Å². The molecule has 0 aliphatic heterocycles. The summed E-state index contributed by atoms with van der Waals surface area (Å²) in [5.41, 5.74) is 9.08. The van der Waals surface area contributed by atoms with E-state index in [4.69, 9.17) is 5.73 Å². The molecule has 1 aliphatic carbocycles. The number of benzene rings is 2. The van der Waals surface area contributed by atoms with Crippen molar-refractivity contribution in [1.82, 2.24) is 13.9 Å². The molecular weight excluding hydrogens is 444 g/mol. The quantitative estimate of drug-likeness (QED) is 0.621. The van der Waals surface area contributed by atoms with E-state index in [-0.39, 0.29) is 22.7 Å². The number of sulfonamides is 1. The van der Waals surface area contributed by atoms with Crippen molar-refractivity contribution in [3.63, 3.8) is 0 Å². The molecule has 9 heteroatoms. The maximum atomic E-state index is 13.2. The lowest BCUT2D eigenvalue weighted by Crippen LogP contribution is -2.33. The van der Waals surface area contributed by atoms with Crippen LogP contribution in [0.15, 0.2) is 50.6 Å². The van der Waals surface area contributed by atoms with Crippen LogP contribution in [0.2, 0.25) is 0 Å². The molecule has 0 saturated carbocycles. The van der Waals surface area contributed by atoms with Gasteiger partial charge in [0.25, 0.3) is 0 Å². The van der Waals surface area contributed by atoms with E-state index < -0.39 is 10.0 Å². The molecule has 1 aromatic heterocycles. The molecule has 3 aromatic rings. The first-order valence-electron chi connectivity index (χ1n) is 8.92. The predicted molar refractivity (Wildman–Crippen MR) is 112 cm³/mol. The summed E-state index contributed by atoms with van der Waals surface area (Å²) < 4.78 is 32.6. The number of hydrogen-bond donors (Lipinski definition) is 2. The first-order chi connectivity index (χ1) is 13.2. The van der Waals surface area contributed by atoms with Crippen molar-refractivity contribution in [2.45, 2.75) is 29.8 Å². The highest BCUT2D eigenvalue weighted by molar-refractivity contribution is 9.10. The second kappa shape index (κ2) is 6.84. The van der Waals surface area contributed by atoms with Crippen molar-refractivity contribution < 1.29 is 8.42 Å². The van der Waals surface area contributed by atoms with Crippen molar-refractivity contribution in [1.29, 1.82) is 0 Å². The third-order valence-corrected chi connectivity index (χ3v) is 7.88. The van der Waals surface area contributed by atoms with Gasteiger partial charge < -0.3 is 5.73 Å². The highest BCUT2D eigenvalue weighted by Gasteiger charge is 2.30. The van der Waals surface area contributed by atoms with Crippen LogP contribution in [0.3, 0.4) is 0 Å². The summed E-state index contributed by atoms with van der Waals surface area (Å²) in [5, 5.41) is 0. The molecule has 2 atom stereocenters. The summed E-state index contributed by atoms with van der Waals surface area (Å²) >= 11 is 3.36. The molecule has 0 spiro atoms. The Hall–Kier alpha value is -1.94. The monoisotopic (exact) mass is 464 g/mol. The Bertz CT molecular complexity index is 1250. The number of fused-ring (bicyclic) bond motifs is 2. The number of halogens is 1. The van der Waals surface area contributed by atoms with E-state index >= 15 is 0 Å². The molecule has 148 valence electrons. The molecule has 28 heavy (non-hydrogen) atoms. The van der Waals surface area contributed by atoms with Gasteiger partial charge in [-0.15, -0.1) is 0 Å². The average Bonchev–Trinajstić information content (AvgIpc) is 2.87. The predicted octanol–water partition coefficient (Wildman–Crippen LogP) is 2.45. The van der Waals surface area contributed by atoms with Crippen molar-refractivity contribution in [3.05, 3.63) is 62.5 Å². The van der Waals surface area contributed by atoms with Gasteiger partial charge in [0.2, 0.25) is 10.0 Å². The minimum atomic E-state index is -3.82. The summed E-state index contributed by atoms with van der Waals surface area (Å²) in [6.45, 7) is 0. The number of imidazole rings is 1. The van der Waals surface area contributed by atoms with E-state index in [0.29, 0.717) is 28.3 Å². The first-order valence-corrected chi connectivity index (χ1v) is 11.2. The fourth-order valence-corrected chi connectivity index (χ4v) is 6.20. The standard InChI is InChI=1S/C19H21BrN4O3S/c1-23-16-9-13(20)18(10-17(16)24(2)19(23)25)28(26,27)22-15-8-7-14(21)11-5-3-4-6-12(11)15/h3-6,9-10,14-15,22H,7-8,21H2,1-2H3. The smallest absolute Gasteiger partial charge is 0.324 e. The summed E-state index contributed by atoms with van der Waals surface area (Å²) in [5.74, 6) is 0. The van der Waals surface area contributed by atoms with Crippen LogP contribution >= 0.6 is 15.9 Å². The van der Waals surface area contributed by atoms with Crippen molar-refractivity contribution in [2.75, 3.05) is 0 Å². The molecule has 0 radical (unpaired) electrons. The molecule has 0 saturated heterocycles. The third-order valence-electron chi connectivity index (χ3n) is 5.45. The summed E-state index contributed by atoms with van der Waals surface area (Å²) in [4.78, 5) is 12.3. The second-order valence-corrected chi connectivity index (χ2v) is 9.70. The summed E-state index contributed by atoms with van der Waals surface area (Å²) in [6.07, 6.45) is 1.33. The normalized spacial score (nSPS) is 19.7. The van der Waals surface area contributed by atoms with Crippen LogP contribution in [0.1, 0.15) is 36.1 Å². The molecule has 7 nitrogen and oxygen atoms in total. The SMILES string of the molecule is Cn1c(=O)n(C)c2cc(S(=O)(=O)NC3CCC(N)c4ccccc43)c(Br)cc21. The van der Waals surface area contributed by atoms with Crippen molar-refractivity contribution in [2.24, 2.45) is 19.8 Å². The van der Waals surface area contributed by atoms with E-state index in [1.165, 1.54) is 15.2 Å². The van der Waals surface area contributed by atoms with Crippen molar-refractivity contribution in [3.8, 4) is 0 Å². The lowest BCUT2D eigenvalue weighted by molar-refractivity contribution is 0.466. The summed E-state index contributed by atoms with van der Waals surface area (Å²) in [7, 11) is -0.540. The van der Waals surface area contributed by atoms with Crippen molar-refractivity contribution >= 4 is 37.0 Å². The van der Waals surface area contributed by atoms with Gasteiger partial charge in [0, 0.05) is 30.7 Å². The van der Waals surface area contributed by atoms with Gasteiger partial charge >= 0.3 is 5.69 Å². The van der Waals surface area contributed by atoms with Crippen LogP contribution in [0.4, 0.5) is 0 Å². The summed E-state index contributed by atoms with van der Waals surface area (Å²) in [6, 6.07) is 10.4. The Morgan fingerprint density at radius 2 is 1.68 bits per heavy atom. The number of hydrogen-bond acceptors (Lipinski definition) is 4. The Morgan fingerprint density at radius 3 is 2.36 bits per heavy atom. The number of nitrogens with two attached hydrogens (primary N) is 1. The number of aryl methyl sites for hydroxylation is 2. The van der Waals surface area contributed by atoms with Gasteiger partial charge in [-0.05, 0) is 52.0 Å². The molecule has 1 aliphatic rings. The molecule has 0 fully saturated rings. The zero-order valence-electron chi connectivity index (χ0n) is 15.5. The number of nitrogens with one attached hydrogen (secondary N) is 1. The minimum absolute atomic E-state index is 0.0844. The number of aromatic nitrogens is 2. The average molecular weight is 465 g/mol. The number of rotatable bonds is 3. The van der Waals surface area contributed by atoms with E-state index in [9.17, 15) is 13.2 Å². The molecule has 3 N–H and O–H groups in total. The largest absolute Gasteiger partial charge is 0.328 e. The Labute approximate surface area is 171 Å². The molecule has 0 amide bonds. The van der Waals surface area contributed by atoms with Gasteiger partial charge in [-0.1, -0.05) is 24.3 Å². The maximum absolute atomic E-state index is 13.2. The molecule has 2 aromatic carbocycles. The second-order valence-electron chi connectivity index (χ2n) is 7.16. The Morgan fingerprint density at radius 1 is 1.07 bits per heavy atom. The lowest BCUT2D eigenvalue weighted by atomic mass is 9.85. The van der Waals surface area contributed by atoms with E-state index in [1.54, 1.807) is 20.2 Å². The van der Waals surface area contributed by atoms with Crippen LogP contribution in [-0.2, 0) is 24.1 Å². The zero-order valence-corrected chi connectivity index (χ0v) is 17.9. The number of nitrogens with zero attached hydrogens (tertiary/aromatic N) is 2. The van der Waals surface area contributed by atoms with Gasteiger partial charge in [-0.3, -0.25) is 9.13 Å².